The Balaban J connectivity index is 3.84. The minimum absolute atomic E-state index is 0.833. The monoisotopic (exact) mass is 171 g/mol. The van der Waals surface area contributed by atoms with Gasteiger partial charge < -0.3 is 4.90 Å². The molecule has 0 fully saturated rings. The van der Waals surface area contributed by atoms with Crippen LogP contribution in [0.3, 0.4) is 0 Å². The van der Waals surface area contributed by atoms with Crippen LogP contribution in [0.15, 0.2) is 0 Å². The van der Waals surface area contributed by atoms with Crippen LogP contribution in [0.1, 0.15) is 53.4 Å². The Kier molecular flexibility index (Phi) is 7.58. The van der Waals surface area contributed by atoms with Gasteiger partial charge in [-0.25, -0.2) is 0 Å². The summed E-state index contributed by atoms with van der Waals surface area (Å²) in [6, 6.07) is 0.833. The second-order valence-electron chi connectivity index (χ2n) is 3.48. The maximum atomic E-state index is 2.61. The lowest BCUT2D eigenvalue weighted by atomic mass is 10.1. The van der Waals surface area contributed by atoms with Crippen LogP contribution < -0.4 is 0 Å². The van der Waals surface area contributed by atoms with Crippen LogP contribution in [-0.2, 0) is 0 Å². The van der Waals surface area contributed by atoms with Crippen molar-refractivity contribution in [3.63, 3.8) is 0 Å². The topological polar surface area (TPSA) is 3.24 Å². The molecule has 0 aliphatic carbocycles. The van der Waals surface area contributed by atoms with Crippen molar-refractivity contribution in [2.24, 2.45) is 0 Å². The van der Waals surface area contributed by atoms with E-state index < -0.39 is 0 Å². The molecule has 0 spiro atoms. The van der Waals surface area contributed by atoms with E-state index in [1.165, 1.54) is 38.8 Å². The van der Waals surface area contributed by atoms with Crippen molar-refractivity contribution in [2.45, 2.75) is 59.4 Å². The van der Waals surface area contributed by atoms with Crippen molar-refractivity contribution >= 4 is 0 Å². The summed E-state index contributed by atoms with van der Waals surface area (Å²) < 4.78 is 0. The first-order valence-electron chi connectivity index (χ1n) is 5.54. The maximum absolute atomic E-state index is 2.61. The first kappa shape index (κ1) is 12.0. The number of hydrogen-bond donors (Lipinski definition) is 0. The van der Waals surface area contributed by atoms with Gasteiger partial charge in [-0.3, -0.25) is 0 Å². The lowest BCUT2D eigenvalue weighted by Crippen LogP contribution is -2.35. The number of hydrogen-bond acceptors (Lipinski definition) is 1. The fourth-order valence-corrected chi connectivity index (χ4v) is 1.86. The van der Waals surface area contributed by atoms with Crippen LogP contribution in [0.2, 0.25) is 0 Å². The first-order chi connectivity index (χ1) is 5.79. The van der Waals surface area contributed by atoms with E-state index in [1.807, 2.05) is 0 Å². The summed E-state index contributed by atoms with van der Waals surface area (Å²) in [5.41, 5.74) is 0. The molecule has 1 nitrogen and oxygen atoms in total. The molecule has 12 heavy (non-hydrogen) atoms. The normalized spacial score (nSPS) is 13.8. The highest BCUT2D eigenvalue weighted by atomic mass is 15.1. The zero-order valence-corrected chi connectivity index (χ0v) is 9.27. The van der Waals surface area contributed by atoms with E-state index in [9.17, 15) is 0 Å². The largest absolute Gasteiger partial charge is 0.301 e. The molecule has 0 rings (SSSR count). The quantitative estimate of drug-likeness (QED) is 0.568. The molecular weight excluding hydrogens is 146 g/mol. The summed E-state index contributed by atoms with van der Waals surface area (Å²) >= 11 is 0. The summed E-state index contributed by atoms with van der Waals surface area (Å²) in [7, 11) is 0. The molecule has 0 unspecified atom stereocenters. The van der Waals surface area contributed by atoms with E-state index in [-0.39, 0.29) is 0 Å². The Morgan fingerprint density at radius 1 is 1.00 bits per heavy atom. The molecule has 0 aromatic carbocycles. The standard InChI is InChI=1S/C11H25N/c1-5-9-11(7-3)12(8-4)10-6-2/h11H,5-10H2,1-4H3/t11-/m0/s1. The van der Waals surface area contributed by atoms with Crippen LogP contribution in [0, 0.1) is 0 Å². The first-order valence-corrected chi connectivity index (χ1v) is 5.54. The van der Waals surface area contributed by atoms with Gasteiger partial charge in [-0.2, -0.15) is 0 Å². The molecule has 1 heteroatoms. The Morgan fingerprint density at radius 2 is 1.67 bits per heavy atom. The summed E-state index contributed by atoms with van der Waals surface area (Å²) in [4.78, 5) is 2.61. The SMILES string of the molecule is CCC[C@H](CC)N(CC)CCC. The molecule has 0 bridgehead atoms. The van der Waals surface area contributed by atoms with Crippen molar-refractivity contribution < 1.29 is 0 Å². The van der Waals surface area contributed by atoms with Gasteiger partial charge in [0.05, 0.1) is 0 Å². The van der Waals surface area contributed by atoms with E-state index in [2.05, 4.69) is 32.6 Å². The average Bonchev–Trinajstić information content (AvgIpc) is 2.11. The van der Waals surface area contributed by atoms with E-state index in [4.69, 9.17) is 0 Å². The molecule has 0 aliphatic rings. The van der Waals surface area contributed by atoms with Gasteiger partial charge in [0.15, 0.2) is 0 Å². The predicted molar refractivity (Wildman–Crippen MR) is 56.5 cm³/mol. The zero-order valence-electron chi connectivity index (χ0n) is 9.27. The lowest BCUT2D eigenvalue weighted by Gasteiger charge is -2.29. The van der Waals surface area contributed by atoms with Crippen molar-refractivity contribution in [1.29, 1.82) is 0 Å². The van der Waals surface area contributed by atoms with Crippen LogP contribution in [0.25, 0.3) is 0 Å². The summed E-state index contributed by atoms with van der Waals surface area (Å²) in [6.07, 6.45) is 5.28. The van der Waals surface area contributed by atoms with E-state index in [0.29, 0.717) is 0 Å². The van der Waals surface area contributed by atoms with E-state index in [1.54, 1.807) is 0 Å². The number of rotatable bonds is 7. The summed E-state index contributed by atoms with van der Waals surface area (Å²) in [5, 5.41) is 0. The second kappa shape index (κ2) is 7.60. The van der Waals surface area contributed by atoms with Crippen LogP contribution in [0.5, 0.6) is 0 Å². The fourth-order valence-electron chi connectivity index (χ4n) is 1.86. The van der Waals surface area contributed by atoms with Gasteiger partial charge in [-0.1, -0.05) is 34.1 Å². The Bertz CT molecular complexity index is 79.0. The van der Waals surface area contributed by atoms with Crippen LogP contribution >= 0.6 is 0 Å². The lowest BCUT2D eigenvalue weighted by molar-refractivity contribution is 0.190. The van der Waals surface area contributed by atoms with Gasteiger partial charge in [-0.15, -0.1) is 0 Å². The Labute approximate surface area is 78.1 Å². The van der Waals surface area contributed by atoms with Gasteiger partial charge >= 0.3 is 0 Å². The van der Waals surface area contributed by atoms with Gasteiger partial charge in [0, 0.05) is 6.04 Å². The average molecular weight is 171 g/mol. The third-order valence-corrected chi connectivity index (χ3v) is 2.53. The van der Waals surface area contributed by atoms with Crippen molar-refractivity contribution in [3.05, 3.63) is 0 Å². The van der Waals surface area contributed by atoms with E-state index >= 15 is 0 Å². The third-order valence-electron chi connectivity index (χ3n) is 2.53. The van der Waals surface area contributed by atoms with Gasteiger partial charge in [0.2, 0.25) is 0 Å². The minimum atomic E-state index is 0.833. The molecule has 0 aromatic rings. The van der Waals surface area contributed by atoms with Gasteiger partial charge in [-0.05, 0) is 32.4 Å². The molecular formula is C11H25N. The summed E-state index contributed by atoms with van der Waals surface area (Å²) in [6.45, 7) is 11.6. The Morgan fingerprint density at radius 3 is 2.00 bits per heavy atom. The molecule has 0 saturated heterocycles. The smallest absolute Gasteiger partial charge is 0.00924 e. The molecule has 0 radical (unpaired) electrons. The van der Waals surface area contributed by atoms with Gasteiger partial charge in [0.25, 0.3) is 0 Å². The molecule has 0 heterocycles. The van der Waals surface area contributed by atoms with E-state index in [0.717, 1.165) is 6.04 Å². The molecule has 0 N–H and O–H groups in total. The van der Waals surface area contributed by atoms with Crippen LogP contribution in [-0.4, -0.2) is 24.0 Å². The zero-order chi connectivity index (χ0) is 9.40. The maximum Gasteiger partial charge on any atom is 0.00924 e. The fraction of sp³-hybridized carbons (Fsp3) is 1.00. The molecule has 0 saturated carbocycles. The van der Waals surface area contributed by atoms with Crippen LogP contribution in [0.4, 0.5) is 0 Å². The molecule has 0 aliphatic heterocycles. The Hall–Kier alpha value is -0.0400. The van der Waals surface area contributed by atoms with Gasteiger partial charge in [0.1, 0.15) is 0 Å². The molecule has 0 aromatic heterocycles. The highest BCUT2D eigenvalue weighted by molar-refractivity contribution is 4.68. The van der Waals surface area contributed by atoms with Crippen molar-refractivity contribution in [1.82, 2.24) is 4.90 Å². The highest BCUT2D eigenvalue weighted by Crippen LogP contribution is 2.10. The number of nitrogens with zero attached hydrogens (tertiary/aromatic N) is 1. The van der Waals surface area contributed by atoms with Crippen molar-refractivity contribution in [2.75, 3.05) is 13.1 Å². The highest BCUT2D eigenvalue weighted by Gasteiger charge is 2.12. The second-order valence-corrected chi connectivity index (χ2v) is 3.48. The minimum Gasteiger partial charge on any atom is -0.301 e. The third kappa shape index (κ3) is 4.10. The molecule has 1 atom stereocenters. The summed E-state index contributed by atoms with van der Waals surface area (Å²) in [5.74, 6) is 0. The predicted octanol–water partition coefficient (Wildman–Crippen LogP) is 3.30. The molecule has 74 valence electrons. The molecule has 0 amide bonds. The van der Waals surface area contributed by atoms with Crippen molar-refractivity contribution in [3.8, 4) is 0 Å².